The lowest BCUT2D eigenvalue weighted by Gasteiger charge is -2.08. The highest BCUT2D eigenvalue weighted by Gasteiger charge is 2.14. The van der Waals surface area contributed by atoms with E-state index in [4.69, 9.17) is 9.57 Å². The number of methoxy groups -OCH3 is 1. The zero-order valence-electron chi connectivity index (χ0n) is 17.6. The van der Waals surface area contributed by atoms with Crippen LogP contribution in [-0.2, 0) is 12.8 Å². The monoisotopic (exact) mass is 429 g/mol. The first-order chi connectivity index (χ1) is 15.5. The molecule has 4 rings (SSSR count). The lowest BCUT2D eigenvalue weighted by Crippen LogP contribution is -2.19. The molecule has 6 heteroatoms. The Bertz CT molecular complexity index is 1170. The molecule has 4 aromatic rings. The van der Waals surface area contributed by atoms with Gasteiger partial charge in [-0.15, -0.1) is 4.73 Å². The van der Waals surface area contributed by atoms with Crippen molar-refractivity contribution in [3.05, 3.63) is 113 Å². The van der Waals surface area contributed by atoms with Gasteiger partial charge >= 0.3 is 5.97 Å². The molecule has 0 bridgehead atoms. The lowest BCUT2D eigenvalue weighted by molar-refractivity contribution is 0.0381. The zero-order valence-corrected chi connectivity index (χ0v) is 17.6. The Labute approximate surface area is 185 Å². The quantitative estimate of drug-likeness (QED) is 0.456. The van der Waals surface area contributed by atoms with Gasteiger partial charge in [-0.2, -0.15) is 0 Å². The highest BCUT2D eigenvalue weighted by atomic mass is 16.7. The van der Waals surface area contributed by atoms with E-state index in [0.717, 1.165) is 24.2 Å². The summed E-state index contributed by atoms with van der Waals surface area (Å²) < 4.78 is 5.87. The second kappa shape index (κ2) is 9.31. The van der Waals surface area contributed by atoms with Gasteiger partial charge in [0, 0.05) is 12.1 Å². The van der Waals surface area contributed by atoms with Crippen LogP contribution in [0.5, 0.6) is 17.5 Å². The van der Waals surface area contributed by atoms with Crippen molar-refractivity contribution in [2.24, 2.45) is 0 Å². The van der Waals surface area contributed by atoms with Crippen LogP contribution < -0.4 is 9.57 Å². The molecule has 32 heavy (non-hydrogen) atoms. The third kappa shape index (κ3) is 4.92. The van der Waals surface area contributed by atoms with E-state index in [9.17, 15) is 15.0 Å². The highest BCUT2D eigenvalue weighted by molar-refractivity contribution is 5.89. The molecule has 3 aromatic carbocycles. The van der Waals surface area contributed by atoms with E-state index in [2.05, 4.69) is 36.4 Å². The lowest BCUT2D eigenvalue weighted by atomic mass is 10.00. The van der Waals surface area contributed by atoms with Crippen molar-refractivity contribution in [3.8, 4) is 17.5 Å². The van der Waals surface area contributed by atoms with Crippen LogP contribution in [-0.4, -0.2) is 28.0 Å². The molecule has 0 unspecified atom stereocenters. The summed E-state index contributed by atoms with van der Waals surface area (Å²) in [5.74, 6) is -0.545. The molecule has 1 heterocycles. The van der Waals surface area contributed by atoms with Crippen molar-refractivity contribution >= 4 is 5.97 Å². The molecular formula is C26H23NO5. The van der Waals surface area contributed by atoms with Gasteiger partial charge < -0.3 is 19.8 Å². The third-order valence-electron chi connectivity index (χ3n) is 5.16. The molecule has 0 aliphatic rings. The van der Waals surface area contributed by atoms with Crippen LogP contribution in [0, 0.1) is 0 Å². The second-order valence-corrected chi connectivity index (χ2v) is 7.44. The number of aromatic hydroxyl groups is 2. The first-order valence-electron chi connectivity index (χ1n) is 10.1. The standard InChI is InChI=1S/C26H23NO5/c1-31-23-12-8-21(9-13-23)17-19-4-2-18(3-5-19)16-20-6-10-22(11-7-20)26(30)32-27-24(28)14-15-25(27)29/h2-15,28-29H,16-17H2,1H3. The maximum absolute atomic E-state index is 12.2. The van der Waals surface area contributed by atoms with E-state index >= 15 is 0 Å². The van der Waals surface area contributed by atoms with Crippen LogP contribution in [0.1, 0.15) is 32.6 Å². The SMILES string of the molecule is COc1ccc(Cc2ccc(Cc3ccc(C(=O)On4c(O)ccc4O)cc3)cc2)cc1. The van der Waals surface area contributed by atoms with Crippen molar-refractivity contribution in [3.63, 3.8) is 0 Å². The van der Waals surface area contributed by atoms with E-state index in [0.29, 0.717) is 10.3 Å². The summed E-state index contributed by atoms with van der Waals surface area (Å²) in [7, 11) is 1.66. The normalized spacial score (nSPS) is 10.7. The molecule has 0 radical (unpaired) electrons. The van der Waals surface area contributed by atoms with Gasteiger partial charge in [-0.25, -0.2) is 4.79 Å². The first-order valence-corrected chi connectivity index (χ1v) is 10.1. The molecule has 2 N–H and O–H groups in total. The minimum Gasteiger partial charge on any atom is -0.497 e. The van der Waals surface area contributed by atoms with Crippen LogP contribution in [0.25, 0.3) is 0 Å². The molecule has 0 spiro atoms. The van der Waals surface area contributed by atoms with E-state index in [1.165, 1.54) is 28.8 Å². The van der Waals surface area contributed by atoms with Crippen LogP contribution in [0.2, 0.25) is 0 Å². The minimum absolute atomic E-state index is 0.316. The van der Waals surface area contributed by atoms with Gasteiger partial charge in [0.25, 0.3) is 0 Å². The molecule has 0 aliphatic heterocycles. The second-order valence-electron chi connectivity index (χ2n) is 7.44. The largest absolute Gasteiger partial charge is 0.497 e. The number of carbonyl (C=O) groups is 1. The molecule has 0 fully saturated rings. The van der Waals surface area contributed by atoms with Gasteiger partial charge in [-0.3, -0.25) is 0 Å². The van der Waals surface area contributed by atoms with Crippen molar-refractivity contribution in [2.45, 2.75) is 12.8 Å². The molecule has 0 amide bonds. The maximum Gasteiger partial charge on any atom is 0.363 e. The molecule has 6 nitrogen and oxygen atoms in total. The van der Waals surface area contributed by atoms with Gasteiger partial charge in [0.2, 0.25) is 11.8 Å². The number of benzene rings is 3. The summed E-state index contributed by atoms with van der Waals surface area (Å²) in [4.78, 5) is 17.2. The first kappa shape index (κ1) is 21.1. The zero-order chi connectivity index (χ0) is 22.5. The summed E-state index contributed by atoms with van der Waals surface area (Å²) in [6.07, 6.45) is 1.59. The molecule has 1 aromatic heterocycles. The molecule has 162 valence electrons. The number of nitrogens with zero attached hydrogens (tertiary/aromatic N) is 1. The number of hydrogen-bond donors (Lipinski definition) is 2. The molecular weight excluding hydrogens is 406 g/mol. The smallest absolute Gasteiger partial charge is 0.363 e. The van der Waals surface area contributed by atoms with Gasteiger partial charge in [0.05, 0.1) is 12.7 Å². The Kier molecular flexibility index (Phi) is 6.12. The molecule has 0 saturated heterocycles. The van der Waals surface area contributed by atoms with E-state index in [-0.39, 0.29) is 11.8 Å². The number of ether oxygens (including phenoxy) is 1. The van der Waals surface area contributed by atoms with Gasteiger partial charge in [0.15, 0.2) is 0 Å². The highest BCUT2D eigenvalue weighted by Crippen LogP contribution is 2.20. The van der Waals surface area contributed by atoms with Gasteiger partial charge in [-0.1, -0.05) is 48.5 Å². The summed E-state index contributed by atoms with van der Waals surface area (Å²) in [6.45, 7) is 0. The minimum atomic E-state index is -0.679. The van der Waals surface area contributed by atoms with Crippen LogP contribution >= 0.6 is 0 Å². The fourth-order valence-corrected chi connectivity index (χ4v) is 3.38. The Balaban J connectivity index is 1.36. The van der Waals surface area contributed by atoms with Gasteiger partial charge in [-0.05, 0) is 59.4 Å². The van der Waals surface area contributed by atoms with Crippen LogP contribution in [0.3, 0.4) is 0 Å². The van der Waals surface area contributed by atoms with Crippen LogP contribution in [0.4, 0.5) is 0 Å². The van der Waals surface area contributed by atoms with E-state index in [1.807, 2.05) is 24.3 Å². The average Bonchev–Trinajstić information content (AvgIpc) is 3.13. The Morgan fingerprint density at radius 3 is 1.53 bits per heavy atom. The summed E-state index contributed by atoms with van der Waals surface area (Å²) in [6, 6.07) is 26.0. The van der Waals surface area contributed by atoms with Gasteiger partial charge in [0.1, 0.15) is 5.75 Å². The predicted octanol–water partition coefficient (Wildman–Crippen LogP) is 4.36. The summed E-state index contributed by atoms with van der Waals surface area (Å²) in [5.41, 5.74) is 4.99. The maximum atomic E-state index is 12.2. The fourth-order valence-electron chi connectivity index (χ4n) is 3.38. The Hall–Kier alpha value is -4.19. The average molecular weight is 429 g/mol. The molecule has 0 atom stereocenters. The van der Waals surface area contributed by atoms with E-state index in [1.54, 1.807) is 19.2 Å². The van der Waals surface area contributed by atoms with Crippen molar-refractivity contribution in [1.29, 1.82) is 0 Å². The predicted molar refractivity (Wildman–Crippen MR) is 120 cm³/mol. The summed E-state index contributed by atoms with van der Waals surface area (Å²) >= 11 is 0. The Morgan fingerprint density at radius 1 is 0.688 bits per heavy atom. The van der Waals surface area contributed by atoms with Crippen molar-refractivity contribution in [2.75, 3.05) is 7.11 Å². The topological polar surface area (TPSA) is 80.9 Å². The number of hydrogen-bond acceptors (Lipinski definition) is 5. The molecule has 0 saturated carbocycles. The fraction of sp³-hybridized carbons (Fsp3) is 0.115. The van der Waals surface area contributed by atoms with Crippen LogP contribution in [0.15, 0.2) is 84.9 Å². The summed E-state index contributed by atoms with van der Waals surface area (Å²) in [5, 5.41) is 19.2. The molecule has 0 aliphatic carbocycles. The van der Waals surface area contributed by atoms with Crippen molar-refractivity contribution in [1.82, 2.24) is 4.73 Å². The van der Waals surface area contributed by atoms with Crippen molar-refractivity contribution < 1.29 is 24.6 Å². The number of aromatic nitrogens is 1. The number of rotatable bonds is 7. The third-order valence-corrected chi connectivity index (χ3v) is 5.16. The number of carbonyl (C=O) groups excluding carboxylic acids is 1. The Morgan fingerprint density at radius 2 is 1.09 bits per heavy atom. The van der Waals surface area contributed by atoms with E-state index < -0.39 is 5.97 Å².